The molecule has 0 saturated carbocycles. The molecule has 1 heterocycles. The van der Waals surface area contributed by atoms with Crippen LogP contribution in [0.25, 0.3) is 21.9 Å². The first-order valence-corrected chi connectivity index (χ1v) is 9.53. The number of aromatic hydroxyl groups is 1. The van der Waals surface area contributed by atoms with E-state index >= 15 is 4.39 Å². The van der Waals surface area contributed by atoms with E-state index in [1.165, 1.54) is 12.1 Å². The molecular formula is C19H12FN3O4S. The number of nitrogens with one attached hydrogen (secondary N) is 1. The highest BCUT2D eigenvalue weighted by molar-refractivity contribution is 7.92. The Hall–Kier alpha value is -3.64. The Labute approximate surface area is 159 Å². The van der Waals surface area contributed by atoms with E-state index in [4.69, 9.17) is 5.26 Å². The molecule has 1 saturated heterocycles. The lowest BCUT2D eigenvalue weighted by Crippen LogP contribution is -2.30. The summed E-state index contributed by atoms with van der Waals surface area (Å²) in [5.74, 6) is -2.38. The maximum absolute atomic E-state index is 15.2. The Morgan fingerprint density at radius 1 is 1.14 bits per heavy atom. The molecule has 0 bridgehead atoms. The molecule has 9 heteroatoms. The number of phenols is 1. The van der Waals surface area contributed by atoms with E-state index in [-0.39, 0.29) is 5.39 Å². The number of carbonyl (C=O) groups is 1. The molecule has 2 N–H and O–H groups in total. The minimum Gasteiger partial charge on any atom is -0.506 e. The quantitative estimate of drug-likeness (QED) is 0.690. The van der Waals surface area contributed by atoms with Crippen LogP contribution in [0.5, 0.6) is 5.75 Å². The van der Waals surface area contributed by atoms with Gasteiger partial charge >= 0.3 is 10.2 Å². The van der Waals surface area contributed by atoms with Crippen molar-refractivity contribution in [3.63, 3.8) is 0 Å². The first kappa shape index (κ1) is 17.8. The van der Waals surface area contributed by atoms with Crippen LogP contribution >= 0.6 is 0 Å². The highest BCUT2D eigenvalue weighted by Crippen LogP contribution is 2.39. The largest absolute Gasteiger partial charge is 0.506 e. The van der Waals surface area contributed by atoms with Crippen LogP contribution in [0.4, 0.5) is 10.1 Å². The number of fused-ring (bicyclic) bond motifs is 1. The number of benzene rings is 3. The lowest BCUT2D eigenvalue weighted by atomic mass is 9.99. The molecule has 0 aliphatic carbocycles. The highest BCUT2D eigenvalue weighted by atomic mass is 32.2. The lowest BCUT2D eigenvalue weighted by molar-refractivity contribution is -0.117. The zero-order valence-corrected chi connectivity index (χ0v) is 15.0. The van der Waals surface area contributed by atoms with Crippen LogP contribution in [-0.2, 0) is 15.0 Å². The van der Waals surface area contributed by atoms with Crippen LogP contribution in [0.1, 0.15) is 5.56 Å². The first-order valence-electron chi connectivity index (χ1n) is 8.09. The fraction of sp³-hybridized carbons (Fsp3) is 0.0526. The molecule has 140 valence electrons. The van der Waals surface area contributed by atoms with Gasteiger partial charge in [-0.3, -0.25) is 4.79 Å². The summed E-state index contributed by atoms with van der Waals surface area (Å²) in [4.78, 5) is 11.5. The number of nitrogens with zero attached hydrogens (tertiary/aromatic N) is 2. The van der Waals surface area contributed by atoms with Gasteiger partial charge in [-0.1, -0.05) is 24.3 Å². The molecule has 7 nitrogen and oxygen atoms in total. The Kier molecular flexibility index (Phi) is 3.94. The number of anilines is 1. The summed E-state index contributed by atoms with van der Waals surface area (Å²) in [5.41, 5.74) is 1.14. The number of phenolic OH excluding ortho intramolecular Hbond substituents is 1. The molecular weight excluding hydrogens is 385 g/mol. The van der Waals surface area contributed by atoms with Gasteiger partial charge in [-0.15, -0.1) is 0 Å². The molecule has 0 radical (unpaired) electrons. The molecule has 1 aliphatic rings. The van der Waals surface area contributed by atoms with Crippen molar-refractivity contribution in [3.8, 4) is 22.9 Å². The number of carbonyl (C=O) groups excluding carboxylic acids is 1. The Balaban J connectivity index is 1.92. The minimum absolute atomic E-state index is 0.0715. The first-order chi connectivity index (χ1) is 13.3. The van der Waals surface area contributed by atoms with Gasteiger partial charge < -0.3 is 5.11 Å². The van der Waals surface area contributed by atoms with Crippen LogP contribution in [0.3, 0.4) is 0 Å². The van der Waals surface area contributed by atoms with Gasteiger partial charge in [0.15, 0.2) is 5.82 Å². The van der Waals surface area contributed by atoms with Crippen molar-refractivity contribution in [2.24, 2.45) is 0 Å². The van der Waals surface area contributed by atoms with Crippen molar-refractivity contribution < 1.29 is 22.7 Å². The van der Waals surface area contributed by atoms with E-state index in [9.17, 15) is 18.3 Å². The fourth-order valence-corrected chi connectivity index (χ4v) is 4.32. The number of rotatable bonds is 2. The van der Waals surface area contributed by atoms with Crippen LogP contribution in [0.15, 0.2) is 48.5 Å². The Morgan fingerprint density at radius 3 is 2.57 bits per heavy atom. The molecule has 0 aromatic heterocycles. The van der Waals surface area contributed by atoms with Crippen molar-refractivity contribution in [2.75, 3.05) is 10.8 Å². The average Bonchev–Trinajstić information content (AvgIpc) is 2.93. The smallest absolute Gasteiger partial charge is 0.326 e. The van der Waals surface area contributed by atoms with Gasteiger partial charge in [0, 0.05) is 5.39 Å². The second-order valence-corrected chi connectivity index (χ2v) is 7.82. The summed E-state index contributed by atoms with van der Waals surface area (Å²) < 4.78 is 41.6. The van der Waals surface area contributed by atoms with Gasteiger partial charge in [-0.2, -0.15) is 13.7 Å². The Morgan fingerprint density at radius 2 is 1.89 bits per heavy atom. The van der Waals surface area contributed by atoms with Gasteiger partial charge in [-0.05, 0) is 40.8 Å². The molecule has 1 amide bonds. The van der Waals surface area contributed by atoms with E-state index < -0.39 is 39.9 Å². The maximum Gasteiger partial charge on any atom is 0.326 e. The van der Waals surface area contributed by atoms with E-state index in [1.54, 1.807) is 41.1 Å². The van der Waals surface area contributed by atoms with Gasteiger partial charge in [0.05, 0.1) is 11.6 Å². The molecule has 0 unspecified atom stereocenters. The number of halogens is 1. The molecule has 3 aromatic carbocycles. The maximum atomic E-state index is 15.2. The van der Waals surface area contributed by atoms with Gasteiger partial charge in [0.2, 0.25) is 0 Å². The molecule has 0 spiro atoms. The third kappa shape index (κ3) is 2.80. The second-order valence-electron chi connectivity index (χ2n) is 6.22. The van der Waals surface area contributed by atoms with Gasteiger partial charge in [0.25, 0.3) is 5.91 Å². The van der Waals surface area contributed by atoms with Crippen molar-refractivity contribution in [2.45, 2.75) is 0 Å². The molecule has 28 heavy (non-hydrogen) atoms. The van der Waals surface area contributed by atoms with Crippen molar-refractivity contribution in [1.82, 2.24) is 4.72 Å². The molecule has 0 atom stereocenters. The third-order valence-electron chi connectivity index (χ3n) is 4.43. The topological polar surface area (TPSA) is 110 Å². The molecule has 1 fully saturated rings. The molecule has 1 aliphatic heterocycles. The minimum atomic E-state index is -4.28. The molecule has 4 rings (SSSR count). The highest BCUT2D eigenvalue weighted by Gasteiger charge is 2.37. The zero-order valence-electron chi connectivity index (χ0n) is 14.2. The summed E-state index contributed by atoms with van der Waals surface area (Å²) in [5, 5.41) is 19.7. The SMILES string of the molecule is N#Cc1cccc(-c2ccc3cc(O)c(N4CC(=O)NS4(=O)=O)c(F)c3c2)c1. The standard InChI is InChI=1S/C19H12FN3O4S/c20-18-15-7-13(12-3-1-2-11(6-12)9-21)4-5-14(15)8-16(24)19(18)23-10-17(25)22-28(23,26)27/h1-8,24H,10H2,(H,22,25). The third-order valence-corrected chi connectivity index (χ3v) is 5.80. The average molecular weight is 397 g/mol. The van der Waals surface area contributed by atoms with Crippen molar-refractivity contribution in [3.05, 3.63) is 59.9 Å². The predicted molar refractivity (Wildman–Crippen MR) is 100 cm³/mol. The van der Waals surface area contributed by atoms with E-state index in [1.807, 2.05) is 6.07 Å². The summed E-state index contributed by atoms with van der Waals surface area (Å²) in [6.07, 6.45) is 0. The number of hydrogen-bond acceptors (Lipinski definition) is 5. The summed E-state index contributed by atoms with van der Waals surface area (Å²) in [6.45, 7) is -0.623. The summed E-state index contributed by atoms with van der Waals surface area (Å²) in [7, 11) is -4.28. The molecule has 3 aromatic rings. The normalized spacial score (nSPS) is 15.4. The van der Waals surface area contributed by atoms with Crippen molar-refractivity contribution in [1.29, 1.82) is 5.26 Å². The van der Waals surface area contributed by atoms with Gasteiger partial charge in [0.1, 0.15) is 18.0 Å². The lowest BCUT2D eigenvalue weighted by Gasteiger charge is -2.18. The summed E-state index contributed by atoms with van der Waals surface area (Å²) >= 11 is 0. The van der Waals surface area contributed by atoms with Gasteiger partial charge in [-0.25, -0.2) is 13.4 Å². The van der Waals surface area contributed by atoms with Crippen LogP contribution in [0.2, 0.25) is 0 Å². The number of amides is 1. The number of hydrogen-bond donors (Lipinski definition) is 2. The summed E-state index contributed by atoms with van der Waals surface area (Å²) in [6, 6.07) is 14.8. The Bertz CT molecular complexity index is 1300. The number of nitriles is 1. The van der Waals surface area contributed by atoms with Crippen LogP contribution in [-0.4, -0.2) is 26.0 Å². The van der Waals surface area contributed by atoms with Crippen LogP contribution in [0, 0.1) is 17.1 Å². The van der Waals surface area contributed by atoms with E-state index in [2.05, 4.69) is 0 Å². The monoisotopic (exact) mass is 397 g/mol. The van der Waals surface area contributed by atoms with Crippen molar-refractivity contribution >= 4 is 32.6 Å². The van der Waals surface area contributed by atoms with E-state index in [0.29, 0.717) is 26.4 Å². The fourth-order valence-electron chi connectivity index (χ4n) is 3.16. The van der Waals surface area contributed by atoms with Crippen LogP contribution < -0.4 is 9.03 Å². The zero-order chi connectivity index (χ0) is 20.1. The van der Waals surface area contributed by atoms with E-state index in [0.717, 1.165) is 0 Å². The second kappa shape index (κ2) is 6.21. The predicted octanol–water partition coefficient (Wildman–Crippen LogP) is 2.40.